The van der Waals surface area contributed by atoms with E-state index in [1.165, 1.54) is 0 Å². The summed E-state index contributed by atoms with van der Waals surface area (Å²) in [6, 6.07) is 3.54. The van der Waals surface area contributed by atoms with Gasteiger partial charge in [-0.05, 0) is 12.6 Å². The minimum atomic E-state index is -0.0660. The van der Waals surface area contributed by atoms with E-state index in [1.807, 2.05) is 6.92 Å². The van der Waals surface area contributed by atoms with Crippen molar-refractivity contribution in [1.82, 2.24) is 10.6 Å². The van der Waals surface area contributed by atoms with Crippen molar-refractivity contribution in [1.29, 1.82) is 0 Å². The average Bonchev–Trinajstić information content (AvgIpc) is 2.49. The number of amides is 1. The quantitative estimate of drug-likeness (QED) is 0.742. The lowest BCUT2D eigenvalue weighted by molar-refractivity contribution is -0.120. The molecule has 0 aromatic heterocycles. The lowest BCUT2D eigenvalue weighted by Crippen LogP contribution is -2.33. The van der Waals surface area contributed by atoms with Crippen LogP contribution in [0.3, 0.4) is 0 Å². The predicted molar refractivity (Wildman–Crippen MR) is 76.5 cm³/mol. The van der Waals surface area contributed by atoms with Crippen LogP contribution in [0.25, 0.3) is 0 Å². The van der Waals surface area contributed by atoms with Gasteiger partial charge in [0.25, 0.3) is 0 Å². The van der Waals surface area contributed by atoms with E-state index < -0.39 is 0 Å². The zero-order valence-corrected chi connectivity index (χ0v) is 12.4. The van der Waals surface area contributed by atoms with E-state index >= 15 is 0 Å². The molecule has 0 unspecified atom stereocenters. The van der Waals surface area contributed by atoms with Crippen LogP contribution in [0.4, 0.5) is 0 Å². The minimum Gasteiger partial charge on any atom is -0.496 e. The lowest BCUT2D eigenvalue weighted by atomic mass is 10.1. The standard InChI is InChI=1S/C14H22N2O4/c1-5-15-9-14(17)16-8-10-6-12(19-3)13(20-4)7-11(10)18-2/h6-7,15H,5,8-9H2,1-4H3,(H,16,17). The maximum Gasteiger partial charge on any atom is 0.234 e. The Morgan fingerprint density at radius 2 is 1.65 bits per heavy atom. The third-order valence-corrected chi connectivity index (χ3v) is 2.80. The molecular weight excluding hydrogens is 260 g/mol. The molecule has 0 heterocycles. The summed E-state index contributed by atoms with van der Waals surface area (Å²) in [6.45, 7) is 3.37. The van der Waals surface area contributed by atoms with Crippen molar-refractivity contribution in [2.75, 3.05) is 34.4 Å². The monoisotopic (exact) mass is 282 g/mol. The molecule has 0 aliphatic rings. The number of ether oxygens (including phenoxy) is 3. The van der Waals surface area contributed by atoms with Crippen LogP contribution >= 0.6 is 0 Å². The molecule has 0 bridgehead atoms. The fourth-order valence-corrected chi connectivity index (χ4v) is 1.73. The van der Waals surface area contributed by atoms with Crippen LogP contribution in [-0.4, -0.2) is 40.3 Å². The topological polar surface area (TPSA) is 68.8 Å². The molecule has 6 nitrogen and oxygen atoms in total. The average molecular weight is 282 g/mol. The van der Waals surface area contributed by atoms with Crippen LogP contribution in [0.1, 0.15) is 12.5 Å². The van der Waals surface area contributed by atoms with E-state index in [-0.39, 0.29) is 5.91 Å². The van der Waals surface area contributed by atoms with Gasteiger partial charge in [-0.3, -0.25) is 4.79 Å². The number of carbonyl (C=O) groups is 1. The van der Waals surface area contributed by atoms with Gasteiger partial charge in [-0.2, -0.15) is 0 Å². The summed E-state index contributed by atoms with van der Waals surface area (Å²) in [4.78, 5) is 11.6. The molecule has 0 radical (unpaired) electrons. The summed E-state index contributed by atoms with van der Waals surface area (Å²) in [5, 5.41) is 5.79. The first-order chi connectivity index (χ1) is 9.65. The highest BCUT2D eigenvalue weighted by molar-refractivity contribution is 5.78. The van der Waals surface area contributed by atoms with Crippen LogP contribution < -0.4 is 24.8 Å². The SMILES string of the molecule is CCNCC(=O)NCc1cc(OC)c(OC)cc1OC. The van der Waals surface area contributed by atoms with Gasteiger partial charge in [0.15, 0.2) is 11.5 Å². The van der Waals surface area contributed by atoms with Gasteiger partial charge < -0.3 is 24.8 Å². The zero-order chi connectivity index (χ0) is 15.0. The van der Waals surface area contributed by atoms with E-state index in [1.54, 1.807) is 33.5 Å². The molecule has 6 heteroatoms. The summed E-state index contributed by atoms with van der Waals surface area (Å²) in [5.74, 6) is 1.77. The molecule has 2 N–H and O–H groups in total. The highest BCUT2D eigenvalue weighted by Crippen LogP contribution is 2.34. The Morgan fingerprint density at radius 1 is 1.05 bits per heavy atom. The Hall–Kier alpha value is -1.95. The van der Waals surface area contributed by atoms with Gasteiger partial charge in [0.05, 0.1) is 27.9 Å². The highest BCUT2D eigenvalue weighted by Gasteiger charge is 2.12. The van der Waals surface area contributed by atoms with E-state index in [0.29, 0.717) is 30.3 Å². The Balaban J connectivity index is 2.80. The van der Waals surface area contributed by atoms with E-state index in [4.69, 9.17) is 14.2 Å². The molecule has 112 valence electrons. The second kappa shape index (κ2) is 8.27. The first-order valence-electron chi connectivity index (χ1n) is 6.42. The Bertz CT molecular complexity index is 449. The predicted octanol–water partition coefficient (Wildman–Crippen LogP) is 0.938. The summed E-state index contributed by atoms with van der Waals surface area (Å²) in [7, 11) is 4.71. The van der Waals surface area contributed by atoms with Crippen molar-refractivity contribution < 1.29 is 19.0 Å². The Labute approximate surface area is 119 Å². The number of methoxy groups -OCH3 is 3. The van der Waals surface area contributed by atoms with E-state index in [0.717, 1.165) is 12.1 Å². The first-order valence-corrected chi connectivity index (χ1v) is 6.42. The maximum absolute atomic E-state index is 11.6. The molecular formula is C14H22N2O4. The number of likely N-dealkylation sites (N-methyl/N-ethyl adjacent to an activating group) is 1. The second-order valence-corrected chi connectivity index (χ2v) is 4.08. The van der Waals surface area contributed by atoms with Crippen LogP contribution in [0.5, 0.6) is 17.2 Å². The second-order valence-electron chi connectivity index (χ2n) is 4.08. The van der Waals surface area contributed by atoms with Crippen LogP contribution in [0.2, 0.25) is 0 Å². The van der Waals surface area contributed by atoms with Gasteiger partial charge in [-0.1, -0.05) is 6.92 Å². The van der Waals surface area contributed by atoms with E-state index in [9.17, 15) is 4.79 Å². The van der Waals surface area contributed by atoms with Crippen molar-refractivity contribution in [3.63, 3.8) is 0 Å². The summed E-state index contributed by atoms with van der Waals surface area (Å²) >= 11 is 0. The van der Waals surface area contributed by atoms with Crippen molar-refractivity contribution in [3.8, 4) is 17.2 Å². The summed E-state index contributed by atoms with van der Waals surface area (Å²) in [5.41, 5.74) is 0.829. The summed E-state index contributed by atoms with van der Waals surface area (Å²) in [6.07, 6.45) is 0. The Morgan fingerprint density at radius 3 is 2.20 bits per heavy atom. The molecule has 0 spiro atoms. The smallest absolute Gasteiger partial charge is 0.234 e. The minimum absolute atomic E-state index is 0.0660. The highest BCUT2D eigenvalue weighted by atomic mass is 16.5. The van der Waals surface area contributed by atoms with Crippen molar-refractivity contribution in [3.05, 3.63) is 17.7 Å². The van der Waals surface area contributed by atoms with Crippen LogP contribution in [0, 0.1) is 0 Å². The number of rotatable bonds is 8. The largest absolute Gasteiger partial charge is 0.496 e. The fraction of sp³-hybridized carbons (Fsp3) is 0.500. The van der Waals surface area contributed by atoms with Gasteiger partial charge in [0.2, 0.25) is 5.91 Å². The molecule has 0 fully saturated rings. The molecule has 0 saturated heterocycles. The molecule has 0 aliphatic heterocycles. The van der Waals surface area contributed by atoms with Gasteiger partial charge in [0, 0.05) is 18.2 Å². The number of hydrogen-bond acceptors (Lipinski definition) is 5. The van der Waals surface area contributed by atoms with Gasteiger partial charge in [-0.15, -0.1) is 0 Å². The number of carbonyl (C=O) groups excluding carboxylic acids is 1. The van der Waals surface area contributed by atoms with Crippen LogP contribution in [0.15, 0.2) is 12.1 Å². The lowest BCUT2D eigenvalue weighted by Gasteiger charge is -2.14. The first kappa shape index (κ1) is 16.1. The number of hydrogen-bond donors (Lipinski definition) is 2. The van der Waals surface area contributed by atoms with E-state index in [2.05, 4.69) is 10.6 Å². The third-order valence-electron chi connectivity index (χ3n) is 2.80. The van der Waals surface area contributed by atoms with Crippen LogP contribution in [-0.2, 0) is 11.3 Å². The molecule has 0 saturated carbocycles. The Kier molecular flexibility index (Phi) is 6.66. The zero-order valence-electron chi connectivity index (χ0n) is 12.4. The number of nitrogens with one attached hydrogen (secondary N) is 2. The van der Waals surface area contributed by atoms with Crippen molar-refractivity contribution in [2.45, 2.75) is 13.5 Å². The molecule has 1 rings (SSSR count). The van der Waals surface area contributed by atoms with Gasteiger partial charge in [-0.25, -0.2) is 0 Å². The molecule has 1 aromatic rings. The molecule has 0 aliphatic carbocycles. The molecule has 1 aromatic carbocycles. The molecule has 20 heavy (non-hydrogen) atoms. The normalized spacial score (nSPS) is 10.0. The van der Waals surface area contributed by atoms with Crippen molar-refractivity contribution >= 4 is 5.91 Å². The maximum atomic E-state index is 11.6. The molecule has 1 amide bonds. The number of benzene rings is 1. The third kappa shape index (κ3) is 4.31. The fourth-order valence-electron chi connectivity index (χ4n) is 1.73. The summed E-state index contributed by atoms with van der Waals surface area (Å²) < 4.78 is 15.8. The molecule has 0 atom stereocenters. The van der Waals surface area contributed by atoms with Gasteiger partial charge >= 0.3 is 0 Å². The van der Waals surface area contributed by atoms with Gasteiger partial charge in [0.1, 0.15) is 5.75 Å². The van der Waals surface area contributed by atoms with Crippen molar-refractivity contribution in [2.24, 2.45) is 0 Å².